The first-order valence-corrected chi connectivity index (χ1v) is 7.06. The summed E-state index contributed by atoms with van der Waals surface area (Å²) in [7, 11) is 0. The van der Waals surface area contributed by atoms with Crippen LogP contribution in [-0.2, 0) is 12.8 Å². The van der Waals surface area contributed by atoms with E-state index in [0.29, 0.717) is 5.56 Å². The fraction of sp³-hybridized carbons (Fsp3) is 0.105. The molecule has 0 aromatic heterocycles. The SMILES string of the molecule is N#Cc1c2c(c3ccccc3c1O)-c1ccccc1CC2. The van der Waals surface area contributed by atoms with Gasteiger partial charge >= 0.3 is 0 Å². The molecule has 1 N–H and O–H groups in total. The number of phenolic OH excluding ortho intramolecular Hbond substituents is 1. The molecular formula is C19H13NO. The largest absolute Gasteiger partial charge is 0.506 e. The molecule has 4 rings (SSSR count). The molecule has 1 aliphatic carbocycles. The van der Waals surface area contributed by atoms with Gasteiger partial charge in [0.05, 0.1) is 5.56 Å². The van der Waals surface area contributed by atoms with E-state index in [2.05, 4.69) is 24.3 Å². The Morgan fingerprint density at radius 3 is 2.43 bits per heavy atom. The Morgan fingerprint density at radius 2 is 1.62 bits per heavy atom. The van der Waals surface area contributed by atoms with Crippen LogP contribution in [-0.4, -0.2) is 5.11 Å². The number of aryl methyl sites for hydroxylation is 1. The van der Waals surface area contributed by atoms with E-state index in [1.54, 1.807) is 0 Å². The zero-order chi connectivity index (χ0) is 14.4. The van der Waals surface area contributed by atoms with Crippen molar-refractivity contribution >= 4 is 10.8 Å². The molecule has 100 valence electrons. The van der Waals surface area contributed by atoms with Gasteiger partial charge < -0.3 is 5.11 Å². The normalized spacial score (nSPS) is 12.5. The van der Waals surface area contributed by atoms with Gasteiger partial charge in [-0.3, -0.25) is 0 Å². The average molecular weight is 271 g/mol. The van der Waals surface area contributed by atoms with E-state index in [9.17, 15) is 10.4 Å². The van der Waals surface area contributed by atoms with Crippen LogP contribution in [0.25, 0.3) is 21.9 Å². The van der Waals surface area contributed by atoms with E-state index < -0.39 is 0 Å². The fourth-order valence-corrected chi connectivity index (χ4v) is 3.39. The molecule has 0 unspecified atom stereocenters. The highest BCUT2D eigenvalue weighted by Crippen LogP contribution is 2.44. The maximum Gasteiger partial charge on any atom is 0.141 e. The van der Waals surface area contributed by atoms with Crippen molar-refractivity contribution in [2.24, 2.45) is 0 Å². The van der Waals surface area contributed by atoms with E-state index in [-0.39, 0.29) is 5.75 Å². The molecule has 3 aromatic carbocycles. The predicted octanol–water partition coefficient (Wildman–Crippen LogP) is 4.18. The van der Waals surface area contributed by atoms with Crippen molar-refractivity contribution < 1.29 is 5.11 Å². The van der Waals surface area contributed by atoms with Crippen molar-refractivity contribution in [2.45, 2.75) is 12.8 Å². The summed E-state index contributed by atoms with van der Waals surface area (Å²) in [5.74, 6) is 0.117. The first-order valence-electron chi connectivity index (χ1n) is 7.06. The monoisotopic (exact) mass is 271 g/mol. The number of phenols is 1. The highest BCUT2D eigenvalue weighted by atomic mass is 16.3. The smallest absolute Gasteiger partial charge is 0.141 e. The highest BCUT2D eigenvalue weighted by Gasteiger charge is 2.24. The van der Waals surface area contributed by atoms with Gasteiger partial charge in [-0.2, -0.15) is 5.26 Å². The molecule has 0 radical (unpaired) electrons. The van der Waals surface area contributed by atoms with Crippen LogP contribution in [0.1, 0.15) is 16.7 Å². The van der Waals surface area contributed by atoms with Gasteiger partial charge in [0.1, 0.15) is 11.8 Å². The topological polar surface area (TPSA) is 44.0 Å². The quantitative estimate of drug-likeness (QED) is 0.666. The van der Waals surface area contributed by atoms with Crippen LogP contribution in [0.3, 0.4) is 0 Å². The number of benzene rings is 3. The molecule has 0 amide bonds. The van der Waals surface area contributed by atoms with Crippen molar-refractivity contribution in [1.82, 2.24) is 0 Å². The Hall–Kier alpha value is -2.79. The molecule has 0 aliphatic heterocycles. The van der Waals surface area contributed by atoms with Gasteiger partial charge in [0.2, 0.25) is 0 Å². The third kappa shape index (κ3) is 1.58. The molecule has 0 saturated heterocycles. The minimum absolute atomic E-state index is 0.117. The maximum atomic E-state index is 10.4. The number of hydrogen-bond donors (Lipinski definition) is 1. The number of aromatic hydroxyl groups is 1. The third-order valence-electron chi connectivity index (χ3n) is 4.33. The van der Waals surface area contributed by atoms with Gasteiger partial charge in [-0.05, 0) is 40.5 Å². The number of nitriles is 1. The van der Waals surface area contributed by atoms with Crippen LogP contribution in [0.5, 0.6) is 5.75 Å². The van der Waals surface area contributed by atoms with Crippen molar-refractivity contribution in [3.05, 3.63) is 65.2 Å². The third-order valence-corrected chi connectivity index (χ3v) is 4.33. The van der Waals surface area contributed by atoms with E-state index in [1.807, 2.05) is 30.3 Å². The molecule has 0 bridgehead atoms. The molecule has 0 fully saturated rings. The first kappa shape index (κ1) is 12.0. The summed E-state index contributed by atoms with van der Waals surface area (Å²) in [6.07, 6.45) is 1.71. The first-order chi connectivity index (χ1) is 10.3. The minimum atomic E-state index is 0.117. The molecule has 3 aromatic rings. The summed E-state index contributed by atoms with van der Waals surface area (Å²) < 4.78 is 0. The van der Waals surface area contributed by atoms with Crippen molar-refractivity contribution in [3.63, 3.8) is 0 Å². The average Bonchev–Trinajstić information content (AvgIpc) is 2.55. The van der Waals surface area contributed by atoms with E-state index in [0.717, 1.165) is 34.7 Å². The second-order valence-corrected chi connectivity index (χ2v) is 5.39. The van der Waals surface area contributed by atoms with E-state index in [4.69, 9.17) is 0 Å². The summed E-state index contributed by atoms with van der Waals surface area (Å²) >= 11 is 0. The Kier molecular flexibility index (Phi) is 2.49. The second-order valence-electron chi connectivity index (χ2n) is 5.39. The number of hydrogen-bond acceptors (Lipinski definition) is 2. The molecule has 1 aliphatic rings. The molecule has 0 heterocycles. The lowest BCUT2D eigenvalue weighted by Crippen LogP contribution is -2.07. The lowest BCUT2D eigenvalue weighted by atomic mass is 9.80. The zero-order valence-electron chi connectivity index (χ0n) is 11.4. The Bertz CT molecular complexity index is 919. The standard InChI is InChI=1S/C19H13NO/c20-11-17-15-10-9-12-5-1-2-6-13(12)18(15)14-7-3-4-8-16(14)19(17)21/h1-8,21H,9-10H2. The minimum Gasteiger partial charge on any atom is -0.506 e. The Balaban J connectivity index is 2.24. The summed E-state index contributed by atoms with van der Waals surface area (Å²) in [6, 6.07) is 18.3. The second kappa shape index (κ2) is 4.36. The van der Waals surface area contributed by atoms with Crippen molar-refractivity contribution in [1.29, 1.82) is 5.26 Å². The number of rotatable bonds is 0. The van der Waals surface area contributed by atoms with Crippen LogP contribution in [0.4, 0.5) is 0 Å². The van der Waals surface area contributed by atoms with E-state index in [1.165, 1.54) is 11.1 Å². The molecule has 0 spiro atoms. The lowest BCUT2D eigenvalue weighted by Gasteiger charge is -2.23. The Labute approximate surface area is 122 Å². The zero-order valence-corrected chi connectivity index (χ0v) is 11.4. The van der Waals surface area contributed by atoms with Crippen LogP contribution in [0.15, 0.2) is 48.5 Å². The molecule has 2 heteroatoms. The molecule has 0 saturated carbocycles. The van der Waals surface area contributed by atoms with Crippen molar-refractivity contribution in [3.8, 4) is 22.9 Å². The number of fused-ring (bicyclic) bond motifs is 5. The maximum absolute atomic E-state index is 10.4. The van der Waals surface area contributed by atoms with Gasteiger partial charge in [0, 0.05) is 5.39 Å². The highest BCUT2D eigenvalue weighted by molar-refractivity contribution is 6.04. The van der Waals surface area contributed by atoms with Gasteiger partial charge in [-0.25, -0.2) is 0 Å². The van der Waals surface area contributed by atoms with Gasteiger partial charge in [-0.1, -0.05) is 48.5 Å². The van der Waals surface area contributed by atoms with Gasteiger partial charge in [0.15, 0.2) is 0 Å². The molecule has 21 heavy (non-hydrogen) atoms. The van der Waals surface area contributed by atoms with Crippen LogP contribution in [0.2, 0.25) is 0 Å². The summed E-state index contributed by atoms with van der Waals surface area (Å²) in [5, 5.41) is 21.7. The molecule has 2 nitrogen and oxygen atoms in total. The van der Waals surface area contributed by atoms with E-state index >= 15 is 0 Å². The van der Waals surface area contributed by atoms with Crippen LogP contribution < -0.4 is 0 Å². The fourth-order valence-electron chi connectivity index (χ4n) is 3.39. The van der Waals surface area contributed by atoms with Gasteiger partial charge in [0.25, 0.3) is 0 Å². The molecule has 0 atom stereocenters. The summed E-state index contributed by atoms with van der Waals surface area (Å²) in [4.78, 5) is 0. The summed E-state index contributed by atoms with van der Waals surface area (Å²) in [6.45, 7) is 0. The summed E-state index contributed by atoms with van der Waals surface area (Å²) in [5.41, 5.74) is 5.02. The van der Waals surface area contributed by atoms with Gasteiger partial charge in [-0.15, -0.1) is 0 Å². The predicted molar refractivity (Wildman–Crippen MR) is 83.2 cm³/mol. The lowest BCUT2D eigenvalue weighted by molar-refractivity contribution is 0.479. The van der Waals surface area contributed by atoms with Crippen molar-refractivity contribution in [2.75, 3.05) is 0 Å². The van der Waals surface area contributed by atoms with Crippen LogP contribution >= 0.6 is 0 Å². The molecular weight excluding hydrogens is 258 g/mol. The van der Waals surface area contributed by atoms with Crippen LogP contribution in [0, 0.1) is 11.3 Å². The number of nitrogens with zero attached hydrogens (tertiary/aromatic N) is 1. The Morgan fingerprint density at radius 1 is 0.905 bits per heavy atom.